The van der Waals surface area contributed by atoms with Crippen LogP contribution in [0.5, 0.6) is 0 Å². The van der Waals surface area contributed by atoms with Gasteiger partial charge in [0.2, 0.25) is 11.8 Å². The summed E-state index contributed by atoms with van der Waals surface area (Å²) in [7, 11) is 0. The zero-order valence-electron chi connectivity index (χ0n) is 14.2. The van der Waals surface area contributed by atoms with Crippen molar-refractivity contribution in [2.75, 3.05) is 32.8 Å². The Kier molecular flexibility index (Phi) is 4.23. The van der Waals surface area contributed by atoms with Crippen molar-refractivity contribution in [1.82, 2.24) is 9.80 Å². The van der Waals surface area contributed by atoms with Crippen LogP contribution in [0.25, 0.3) is 0 Å². The minimum Gasteiger partial charge on any atom is -0.381 e. The molecule has 3 heterocycles. The predicted molar refractivity (Wildman–Crippen MR) is 89.0 cm³/mol. The van der Waals surface area contributed by atoms with Gasteiger partial charge < -0.3 is 14.5 Å². The molecule has 3 aliphatic heterocycles. The van der Waals surface area contributed by atoms with Gasteiger partial charge in [0.15, 0.2) is 0 Å². The van der Waals surface area contributed by atoms with Gasteiger partial charge in [-0.2, -0.15) is 0 Å². The van der Waals surface area contributed by atoms with Crippen LogP contribution in [0.3, 0.4) is 0 Å². The van der Waals surface area contributed by atoms with Crippen molar-refractivity contribution >= 4 is 11.8 Å². The van der Waals surface area contributed by atoms with Gasteiger partial charge in [-0.25, -0.2) is 4.39 Å². The molecule has 0 N–H and O–H groups in total. The highest BCUT2D eigenvalue weighted by atomic mass is 19.1. The summed E-state index contributed by atoms with van der Waals surface area (Å²) in [4.78, 5) is 29.2. The van der Waals surface area contributed by atoms with Gasteiger partial charge in [-0.1, -0.05) is 12.1 Å². The van der Waals surface area contributed by atoms with Crippen molar-refractivity contribution in [3.63, 3.8) is 0 Å². The molecule has 2 unspecified atom stereocenters. The van der Waals surface area contributed by atoms with E-state index in [1.807, 2.05) is 11.0 Å². The fraction of sp³-hybridized carbons (Fsp3) is 0.579. The number of nitrogens with zero attached hydrogens (tertiary/aromatic N) is 2. The molecular formula is C19H23FN2O3. The van der Waals surface area contributed by atoms with Crippen molar-refractivity contribution in [2.24, 2.45) is 11.3 Å². The molecule has 2 amide bonds. The first-order valence-corrected chi connectivity index (χ1v) is 8.98. The molecule has 5 nitrogen and oxygen atoms in total. The average Bonchev–Trinajstić information content (AvgIpc) is 3.33. The SMILES string of the molecule is O=C(C1CCOC1)N1CCC2(CCN(Cc3cccc(F)c3)C2=O)C1. The number of rotatable bonds is 3. The number of amides is 2. The first-order valence-electron chi connectivity index (χ1n) is 8.98. The molecule has 1 spiro atoms. The molecule has 0 bridgehead atoms. The number of halogens is 1. The largest absolute Gasteiger partial charge is 0.381 e. The average molecular weight is 346 g/mol. The number of benzene rings is 1. The van der Waals surface area contributed by atoms with Crippen LogP contribution in [-0.2, 0) is 20.9 Å². The summed E-state index contributed by atoms with van der Waals surface area (Å²) in [5, 5.41) is 0. The third kappa shape index (κ3) is 3.03. The molecule has 1 aromatic rings. The van der Waals surface area contributed by atoms with Crippen LogP contribution >= 0.6 is 0 Å². The molecule has 3 aliphatic rings. The third-order valence-electron chi connectivity index (χ3n) is 5.81. The van der Waals surface area contributed by atoms with Crippen LogP contribution in [0, 0.1) is 17.2 Å². The number of carbonyl (C=O) groups is 2. The van der Waals surface area contributed by atoms with E-state index in [1.165, 1.54) is 12.1 Å². The van der Waals surface area contributed by atoms with Gasteiger partial charge in [-0.15, -0.1) is 0 Å². The molecular weight excluding hydrogens is 323 g/mol. The Hall–Kier alpha value is -1.95. The normalized spacial score (nSPS) is 29.2. The molecule has 6 heteroatoms. The Labute approximate surface area is 146 Å². The molecule has 1 aromatic carbocycles. The Morgan fingerprint density at radius 2 is 2.16 bits per heavy atom. The van der Waals surface area contributed by atoms with E-state index < -0.39 is 5.41 Å². The summed E-state index contributed by atoms with van der Waals surface area (Å²) in [5.41, 5.74) is 0.363. The second-order valence-electron chi connectivity index (χ2n) is 7.46. The van der Waals surface area contributed by atoms with E-state index in [0.29, 0.717) is 39.4 Å². The summed E-state index contributed by atoms with van der Waals surface area (Å²) in [6, 6.07) is 6.39. The predicted octanol–water partition coefficient (Wildman–Crippen LogP) is 1.81. The van der Waals surface area contributed by atoms with E-state index in [0.717, 1.165) is 24.8 Å². The zero-order valence-corrected chi connectivity index (χ0v) is 14.2. The molecule has 0 aliphatic carbocycles. The fourth-order valence-electron chi connectivity index (χ4n) is 4.33. The minimum absolute atomic E-state index is 0.0462. The maximum atomic E-state index is 13.4. The topological polar surface area (TPSA) is 49.9 Å². The fourth-order valence-corrected chi connectivity index (χ4v) is 4.33. The molecule has 2 atom stereocenters. The van der Waals surface area contributed by atoms with Gasteiger partial charge in [0.1, 0.15) is 5.82 Å². The quantitative estimate of drug-likeness (QED) is 0.839. The molecule has 4 rings (SSSR count). The van der Waals surface area contributed by atoms with Crippen LogP contribution in [-0.4, -0.2) is 54.5 Å². The summed E-state index contributed by atoms with van der Waals surface area (Å²) in [6.07, 6.45) is 2.28. The van der Waals surface area contributed by atoms with Crippen molar-refractivity contribution in [2.45, 2.75) is 25.8 Å². The number of carbonyl (C=O) groups excluding carboxylic acids is 2. The minimum atomic E-state index is -0.442. The van der Waals surface area contributed by atoms with Gasteiger partial charge >= 0.3 is 0 Å². The van der Waals surface area contributed by atoms with Crippen LogP contribution in [0.1, 0.15) is 24.8 Å². The van der Waals surface area contributed by atoms with Gasteiger partial charge in [-0.05, 0) is 37.0 Å². The number of ether oxygens (including phenoxy) is 1. The maximum Gasteiger partial charge on any atom is 0.231 e. The lowest BCUT2D eigenvalue weighted by Crippen LogP contribution is -2.40. The van der Waals surface area contributed by atoms with E-state index in [1.54, 1.807) is 11.0 Å². The second-order valence-corrected chi connectivity index (χ2v) is 7.46. The monoisotopic (exact) mass is 346 g/mol. The van der Waals surface area contributed by atoms with Gasteiger partial charge in [0.05, 0.1) is 17.9 Å². The van der Waals surface area contributed by atoms with E-state index >= 15 is 0 Å². The van der Waals surface area contributed by atoms with Gasteiger partial charge in [0.25, 0.3) is 0 Å². The van der Waals surface area contributed by atoms with Crippen LogP contribution in [0.4, 0.5) is 4.39 Å². The molecule has 0 radical (unpaired) electrons. The van der Waals surface area contributed by atoms with Crippen molar-refractivity contribution in [3.05, 3.63) is 35.6 Å². The second kappa shape index (κ2) is 6.41. The van der Waals surface area contributed by atoms with Crippen molar-refractivity contribution in [1.29, 1.82) is 0 Å². The zero-order chi connectivity index (χ0) is 17.4. The number of likely N-dealkylation sites (tertiary alicyclic amines) is 2. The molecule has 3 saturated heterocycles. The van der Waals surface area contributed by atoms with Crippen molar-refractivity contribution in [3.8, 4) is 0 Å². The number of hydrogen-bond donors (Lipinski definition) is 0. The Balaban J connectivity index is 1.42. The maximum absolute atomic E-state index is 13.4. The molecule has 3 fully saturated rings. The molecule has 0 aromatic heterocycles. The summed E-state index contributed by atoms with van der Waals surface area (Å²) in [5.74, 6) is -0.0918. The van der Waals surface area contributed by atoms with E-state index in [4.69, 9.17) is 4.74 Å². The summed E-state index contributed by atoms with van der Waals surface area (Å²) in [6.45, 7) is 3.42. The van der Waals surface area contributed by atoms with E-state index in [2.05, 4.69) is 0 Å². The lowest BCUT2D eigenvalue weighted by Gasteiger charge is -2.25. The van der Waals surface area contributed by atoms with Gasteiger partial charge in [0, 0.05) is 32.8 Å². The lowest BCUT2D eigenvalue weighted by molar-refractivity contribution is -0.138. The standard InChI is InChI=1S/C19H23FN2O3/c20-16-3-1-2-14(10-16)11-21-7-5-19(18(21)24)6-8-22(13-19)17(23)15-4-9-25-12-15/h1-3,10,15H,4-9,11-13H2. The molecule has 134 valence electrons. The van der Waals surface area contributed by atoms with Crippen molar-refractivity contribution < 1.29 is 18.7 Å². The first kappa shape index (κ1) is 16.5. The molecule has 0 saturated carbocycles. The van der Waals surface area contributed by atoms with Gasteiger partial charge in [-0.3, -0.25) is 9.59 Å². The highest BCUT2D eigenvalue weighted by Gasteiger charge is 2.52. The third-order valence-corrected chi connectivity index (χ3v) is 5.81. The highest BCUT2D eigenvalue weighted by molar-refractivity contribution is 5.87. The summed E-state index contributed by atoms with van der Waals surface area (Å²) < 4.78 is 18.7. The Morgan fingerprint density at radius 3 is 2.92 bits per heavy atom. The van der Waals surface area contributed by atoms with E-state index in [9.17, 15) is 14.0 Å². The van der Waals surface area contributed by atoms with E-state index in [-0.39, 0.29) is 23.5 Å². The van der Waals surface area contributed by atoms with Crippen LogP contribution in [0.2, 0.25) is 0 Å². The Morgan fingerprint density at radius 1 is 1.32 bits per heavy atom. The number of hydrogen-bond acceptors (Lipinski definition) is 3. The highest BCUT2D eigenvalue weighted by Crippen LogP contribution is 2.41. The first-order chi connectivity index (χ1) is 12.1. The smallest absolute Gasteiger partial charge is 0.231 e. The Bertz CT molecular complexity index is 689. The summed E-state index contributed by atoms with van der Waals surface area (Å²) >= 11 is 0. The van der Waals surface area contributed by atoms with Crippen LogP contribution < -0.4 is 0 Å². The lowest BCUT2D eigenvalue weighted by atomic mass is 9.85. The van der Waals surface area contributed by atoms with Crippen LogP contribution in [0.15, 0.2) is 24.3 Å². The molecule has 25 heavy (non-hydrogen) atoms.